The molecule has 3 heteroatoms. The molecule has 0 heterocycles. The minimum atomic E-state index is -0.322. The minimum absolute atomic E-state index is 0.0123. The van der Waals surface area contributed by atoms with Gasteiger partial charge in [0.05, 0.1) is 12.5 Å². The van der Waals surface area contributed by atoms with Crippen molar-refractivity contribution in [3.05, 3.63) is 82.9 Å². The molecule has 26 heavy (non-hydrogen) atoms. The summed E-state index contributed by atoms with van der Waals surface area (Å²) in [6, 6.07) is 19.4. The minimum Gasteiger partial charge on any atom is -0.466 e. The molecule has 1 fully saturated rings. The van der Waals surface area contributed by atoms with Crippen LogP contribution in [-0.2, 0) is 14.3 Å². The van der Waals surface area contributed by atoms with Crippen molar-refractivity contribution in [3.63, 3.8) is 0 Å². The number of esters is 1. The van der Waals surface area contributed by atoms with Gasteiger partial charge in [-0.15, -0.1) is 0 Å². The maximum atomic E-state index is 13.0. The second-order valence-electron chi connectivity index (χ2n) is 6.35. The molecule has 0 N–H and O–H groups in total. The molecule has 1 atom stereocenters. The lowest BCUT2D eigenvalue weighted by Gasteiger charge is -2.24. The predicted molar refractivity (Wildman–Crippen MR) is 103 cm³/mol. The van der Waals surface area contributed by atoms with Crippen molar-refractivity contribution in [3.8, 4) is 0 Å². The predicted octanol–water partition coefficient (Wildman–Crippen LogP) is 4.70. The zero-order valence-corrected chi connectivity index (χ0v) is 14.9. The number of allylic oxidation sites excluding steroid dienone is 2. The van der Waals surface area contributed by atoms with Crippen LogP contribution in [0.2, 0.25) is 0 Å². The van der Waals surface area contributed by atoms with Crippen LogP contribution in [0.3, 0.4) is 0 Å². The fraction of sp³-hybridized carbons (Fsp3) is 0.217. The molecule has 3 nitrogen and oxygen atoms in total. The van der Waals surface area contributed by atoms with Gasteiger partial charge >= 0.3 is 5.97 Å². The molecule has 0 radical (unpaired) electrons. The topological polar surface area (TPSA) is 43.4 Å². The summed E-state index contributed by atoms with van der Waals surface area (Å²) in [6.07, 6.45) is 4.59. The Bertz CT molecular complexity index is 771. The van der Waals surface area contributed by atoms with Crippen molar-refractivity contribution in [2.24, 2.45) is 5.92 Å². The van der Waals surface area contributed by atoms with Gasteiger partial charge in [-0.1, -0.05) is 60.7 Å². The quantitative estimate of drug-likeness (QED) is 0.595. The maximum Gasteiger partial charge on any atom is 0.309 e. The molecule has 0 aliphatic heterocycles. The van der Waals surface area contributed by atoms with Crippen LogP contribution in [0.1, 0.15) is 30.9 Å². The highest BCUT2D eigenvalue weighted by Gasteiger charge is 2.32. The highest BCUT2D eigenvalue weighted by molar-refractivity contribution is 6.14. The lowest BCUT2D eigenvalue weighted by molar-refractivity contribution is -0.148. The van der Waals surface area contributed by atoms with Crippen LogP contribution in [0, 0.1) is 5.92 Å². The van der Waals surface area contributed by atoms with Gasteiger partial charge in [-0.2, -0.15) is 0 Å². The number of ether oxygens (including phenoxy) is 1. The van der Waals surface area contributed by atoms with Crippen LogP contribution in [0.15, 0.2) is 71.8 Å². The summed E-state index contributed by atoms with van der Waals surface area (Å²) in [5.41, 5.74) is 3.23. The Morgan fingerprint density at radius 3 is 1.81 bits per heavy atom. The SMILES string of the molecule is CCOC(=O)C1C/C(=C/c2ccccc2)C(=O)/C(=C/c2ccccc2)C1. The van der Waals surface area contributed by atoms with Gasteiger partial charge < -0.3 is 4.74 Å². The highest BCUT2D eigenvalue weighted by atomic mass is 16.5. The Morgan fingerprint density at radius 2 is 1.38 bits per heavy atom. The molecular weight excluding hydrogens is 324 g/mol. The van der Waals surface area contributed by atoms with Gasteiger partial charge in [0, 0.05) is 11.1 Å². The Labute approximate surface area is 154 Å². The molecule has 1 aliphatic carbocycles. The van der Waals surface area contributed by atoms with Crippen LogP contribution >= 0.6 is 0 Å². The molecule has 3 rings (SSSR count). The average Bonchev–Trinajstić information content (AvgIpc) is 2.66. The van der Waals surface area contributed by atoms with Gasteiger partial charge in [0.15, 0.2) is 5.78 Å². The van der Waals surface area contributed by atoms with E-state index in [-0.39, 0.29) is 17.7 Å². The largest absolute Gasteiger partial charge is 0.466 e. The van der Waals surface area contributed by atoms with E-state index in [1.165, 1.54) is 0 Å². The summed E-state index contributed by atoms with van der Waals surface area (Å²) < 4.78 is 5.21. The number of benzene rings is 2. The van der Waals surface area contributed by atoms with E-state index in [1.54, 1.807) is 6.92 Å². The summed E-state index contributed by atoms with van der Waals surface area (Å²) in [5.74, 6) is -0.547. The number of ketones is 1. The Kier molecular flexibility index (Phi) is 5.80. The number of hydrogen-bond donors (Lipinski definition) is 0. The monoisotopic (exact) mass is 346 g/mol. The second kappa shape index (κ2) is 8.43. The van der Waals surface area contributed by atoms with Crippen LogP contribution < -0.4 is 0 Å². The smallest absolute Gasteiger partial charge is 0.309 e. The molecule has 132 valence electrons. The number of carbonyl (C=O) groups excluding carboxylic acids is 2. The Balaban J connectivity index is 1.96. The maximum absolute atomic E-state index is 13.0. The van der Waals surface area contributed by atoms with E-state index in [2.05, 4.69) is 0 Å². The number of carbonyl (C=O) groups is 2. The van der Waals surface area contributed by atoms with Gasteiger partial charge in [-0.3, -0.25) is 9.59 Å². The average molecular weight is 346 g/mol. The fourth-order valence-electron chi connectivity index (χ4n) is 3.17. The summed E-state index contributed by atoms with van der Waals surface area (Å²) in [6.45, 7) is 2.14. The van der Waals surface area contributed by atoms with Crippen molar-refractivity contribution in [2.75, 3.05) is 6.61 Å². The van der Waals surface area contributed by atoms with Gasteiger partial charge in [0.1, 0.15) is 0 Å². The van der Waals surface area contributed by atoms with E-state index in [9.17, 15) is 9.59 Å². The molecule has 0 spiro atoms. The molecule has 0 aromatic heterocycles. The third-order valence-corrected chi connectivity index (χ3v) is 4.42. The number of Topliss-reactive ketones (excluding diaryl/α,β-unsaturated/α-hetero) is 1. The zero-order chi connectivity index (χ0) is 18.4. The normalized spacial score (nSPS) is 20.3. The fourth-order valence-corrected chi connectivity index (χ4v) is 3.17. The summed E-state index contributed by atoms with van der Waals surface area (Å²) in [4.78, 5) is 25.3. The molecule has 0 bridgehead atoms. The Hall–Kier alpha value is -2.94. The van der Waals surface area contributed by atoms with Crippen molar-refractivity contribution < 1.29 is 14.3 Å². The standard InChI is InChI=1S/C23H22O3/c1-2-26-23(25)21-15-19(13-17-9-5-3-6-10-17)22(24)20(16-21)14-18-11-7-4-8-12-18/h3-14,21H,2,15-16H2,1H3/b19-13-,20-14+. The second-order valence-corrected chi connectivity index (χ2v) is 6.35. The highest BCUT2D eigenvalue weighted by Crippen LogP contribution is 2.33. The van der Waals surface area contributed by atoms with E-state index < -0.39 is 0 Å². The molecule has 0 saturated heterocycles. The lowest BCUT2D eigenvalue weighted by atomic mass is 9.80. The van der Waals surface area contributed by atoms with Crippen molar-refractivity contribution in [1.82, 2.24) is 0 Å². The first-order valence-electron chi connectivity index (χ1n) is 8.90. The molecule has 1 unspecified atom stereocenters. The molecule has 2 aromatic rings. The molecular formula is C23H22O3. The van der Waals surface area contributed by atoms with Crippen LogP contribution in [-0.4, -0.2) is 18.4 Å². The van der Waals surface area contributed by atoms with Gasteiger partial charge in [0.2, 0.25) is 0 Å². The summed E-state index contributed by atoms with van der Waals surface area (Å²) in [5, 5.41) is 0. The van der Waals surface area contributed by atoms with E-state index in [0.29, 0.717) is 30.6 Å². The first-order valence-corrected chi connectivity index (χ1v) is 8.90. The number of rotatable bonds is 4. The molecule has 2 aromatic carbocycles. The summed E-state index contributed by atoms with van der Waals surface area (Å²) >= 11 is 0. The summed E-state index contributed by atoms with van der Waals surface area (Å²) in [7, 11) is 0. The van der Waals surface area contributed by atoms with Gasteiger partial charge in [0.25, 0.3) is 0 Å². The van der Waals surface area contributed by atoms with Crippen LogP contribution in [0.4, 0.5) is 0 Å². The zero-order valence-electron chi connectivity index (χ0n) is 14.9. The molecule has 1 saturated carbocycles. The van der Waals surface area contributed by atoms with E-state index in [0.717, 1.165) is 11.1 Å². The molecule has 1 aliphatic rings. The first-order chi connectivity index (χ1) is 12.7. The van der Waals surface area contributed by atoms with Crippen LogP contribution in [0.25, 0.3) is 12.2 Å². The Morgan fingerprint density at radius 1 is 0.923 bits per heavy atom. The van der Waals surface area contributed by atoms with Crippen molar-refractivity contribution in [1.29, 1.82) is 0 Å². The third kappa shape index (κ3) is 4.37. The lowest BCUT2D eigenvalue weighted by Crippen LogP contribution is -2.27. The van der Waals surface area contributed by atoms with Gasteiger partial charge in [-0.05, 0) is 43.0 Å². The van der Waals surface area contributed by atoms with E-state index in [4.69, 9.17) is 4.74 Å². The van der Waals surface area contributed by atoms with Crippen LogP contribution in [0.5, 0.6) is 0 Å². The van der Waals surface area contributed by atoms with Crippen molar-refractivity contribution in [2.45, 2.75) is 19.8 Å². The van der Waals surface area contributed by atoms with Gasteiger partial charge in [-0.25, -0.2) is 0 Å². The third-order valence-electron chi connectivity index (χ3n) is 4.42. The van der Waals surface area contributed by atoms with E-state index in [1.807, 2.05) is 72.8 Å². The number of hydrogen-bond acceptors (Lipinski definition) is 3. The first kappa shape index (κ1) is 17.9. The van der Waals surface area contributed by atoms with Crippen molar-refractivity contribution >= 4 is 23.9 Å². The molecule has 0 amide bonds. The van der Waals surface area contributed by atoms with E-state index >= 15 is 0 Å².